The Morgan fingerprint density at radius 2 is 1.97 bits per heavy atom. The first-order chi connectivity index (χ1) is 14.2. The molecule has 0 spiro atoms. The lowest BCUT2D eigenvalue weighted by molar-refractivity contribution is -0.141. The van der Waals surface area contributed by atoms with Gasteiger partial charge in [0.1, 0.15) is 6.54 Å². The number of hydrogen-bond donors (Lipinski definition) is 1. The maximum Gasteiger partial charge on any atom is 0.325 e. The van der Waals surface area contributed by atoms with Crippen molar-refractivity contribution in [1.29, 1.82) is 0 Å². The summed E-state index contributed by atoms with van der Waals surface area (Å²) in [5.41, 5.74) is -0.944. The summed E-state index contributed by atoms with van der Waals surface area (Å²) < 4.78 is 24.0. The fraction of sp³-hybridized carbons (Fsp3) is 0.600. The fourth-order valence-corrected chi connectivity index (χ4v) is 6.48. The standard InChI is InChI=1S/C20H26N4O5S/c1-20(16-8-4-5-10-21-16)18(26)23(19(27)22-20)12-17(25)24(14-6-2-3-7-14)15-9-11-30(28,29)13-15/h4-5,8,10,14-15H,2-3,6-7,9,11-13H2,1H3,(H,22,27). The first-order valence-corrected chi connectivity index (χ1v) is 12.1. The van der Waals surface area contributed by atoms with Crippen LogP contribution in [0.15, 0.2) is 24.4 Å². The molecule has 1 aliphatic carbocycles. The number of pyridine rings is 1. The summed E-state index contributed by atoms with van der Waals surface area (Å²) in [6, 6.07) is 4.00. The molecule has 2 atom stereocenters. The van der Waals surface area contributed by atoms with E-state index in [9.17, 15) is 22.8 Å². The number of urea groups is 1. The molecule has 2 saturated heterocycles. The van der Waals surface area contributed by atoms with E-state index in [0.717, 1.165) is 30.6 Å². The SMILES string of the molecule is CC1(c2ccccn2)NC(=O)N(CC(=O)N(C2CCCC2)C2CCS(=O)(=O)C2)C1=O. The monoisotopic (exact) mass is 434 g/mol. The molecule has 3 heterocycles. The molecule has 1 saturated carbocycles. The van der Waals surface area contributed by atoms with Crippen LogP contribution in [0.1, 0.15) is 44.7 Å². The summed E-state index contributed by atoms with van der Waals surface area (Å²) in [6.07, 6.45) is 5.53. The Bertz CT molecular complexity index is 961. The van der Waals surface area contributed by atoms with Crippen LogP contribution >= 0.6 is 0 Å². The van der Waals surface area contributed by atoms with Crippen molar-refractivity contribution in [3.8, 4) is 0 Å². The highest BCUT2D eigenvalue weighted by atomic mass is 32.2. The first-order valence-electron chi connectivity index (χ1n) is 10.3. The lowest BCUT2D eigenvalue weighted by Gasteiger charge is -2.35. The van der Waals surface area contributed by atoms with E-state index in [-0.39, 0.29) is 23.5 Å². The summed E-state index contributed by atoms with van der Waals surface area (Å²) >= 11 is 0. The number of aromatic nitrogens is 1. The van der Waals surface area contributed by atoms with E-state index in [4.69, 9.17) is 0 Å². The number of sulfone groups is 1. The van der Waals surface area contributed by atoms with Crippen molar-refractivity contribution in [1.82, 2.24) is 20.1 Å². The average Bonchev–Trinajstić information content (AvgIpc) is 3.40. The molecule has 0 bridgehead atoms. The van der Waals surface area contributed by atoms with Gasteiger partial charge in [0.2, 0.25) is 5.91 Å². The largest absolute Gasteiger partial charge is 0.334 e. The number of rotatable bonds is 5. The summed E-state index contributed by atoms with van der Waals surface area (Å²) in [5.74, 6) is -0.904. The van der Waals surface area contributed by atoms with Crippen LogP contribution < -0.4 is 5.32 Å². The molecule has 3 aliphatic rings. The predicted molar refractivity (Wildman–Crippen MR) is 108 cm³/mol. The summed E-state index contributed by atoms with van der Waals surface area (Å²) in [5, 5.41) is 2.65. The third kappa shape index (κ3) is 3.68. The van der Waals surface area contributed by atoms with E-state index < -0.39 is 39.9 Å². The van der Waals surface area contributed by atoms with Gasteiger partial charge in [-0.2, -0.15) is 0 Å². The van der Waals surface area contributed by atoms with Gasteiger partial charge in [-0.05, 0) is 38.3 Å². The Kier molecular flexibility index (Phi) is 5.29. The second kappa shape index (κ2) is 7.64. The molecule has 4 rings (SSSR count). The minimum atomic E-state index is -3.17. The molecular formula is C20H26N4O5S. The second-order valence-corrected chi connectivity index (χ2v) is 10.7. The molecule has 0 aromatic carbocycles. The Balaban J connectivity index is 1.55. The van der Waals surface area contributed by atoms with E-state index in [1.165, 1.54) is 6.20 Å². The Morgan fingerprint density at radius 3 is 2.57 bits per heavy atom. The average molecular weight is 435 g/mol. The molecule has 1 N–H and O–H groups in total. The zero-order valence-electron chi connectivity index (χ0n) is 16.9. The maximum atomic E-state index is 13.3. The van der Waals surface area contributed by atoms with Crippen LogP contribution in [0, 0.1) is 0 Å². The van der Waals surface area contributed by atoms with E-state index >= 15 is 0 Å². The summed E-state index contributed by atoms with van der Waals surface area (Å²) in [4.78, 5) is 45.7. The summed E-state index contributed by atoms with van der Waals surface area (Å²) in [7, 11) is -3.17. The lowest BCUT2D eigenvalue weighted by Crippen LogP contribution is -2.52. The second-order valence-electron chi connectivity index (χ2n) is 8.46. The topological polar surface area (TPSA) is 117 Å². The van der Waals surface area contributed by atoms with Crippen LogP contribution in [-0.4, -0.2) is 71.2 Å². The van der Waals surface area contributed by atoms with Gasteiger partial charge < -0.3 is 10.2 Å². The number of amides is 4. The number of carbonyl (C=O) groups is 3. The molecule has 4 amide bonds. The minimum absolute atomic E-state index is 0.0428. The molecule has 9 nitrogen and oxygen atoms in total. The fourth-order valence-electron chi connectivity index (χ4n) is 4.77. The lowest BCUT2D eigenvalue weighted by atomic mass is 9.97. The third-order valence-electron chi connectivity index (χ3n) is 6.35. The van der Waals surface area contributed by atoms with Crippen molar-refractivity contribution in [2.75, 3.05) is 18.1 Å². The number of hydrogen-bond acceptors (Lipinski definition) is 6. The van der Waals surface area contributed by atoms with Gasteiger partial charge in [-0.3, -0.25) is 19.5 Å². The van der Waals surface area contributed by atoms with Gasteiger partial charge >= 0.3 is 6.03 Å². The van der Waals surface area contributed by atoms with Gasteiger partial charge in [0, 0.05) is 18.3 Å². The van der Waals surface area contributed by atoms with Crippen LogP contribution in [0.2, 0.25) is 0 Å². The molecule has 1 aromatic heterocycles. The van der Waals surface area contributed by atoms with Crippen molar-refractivity contribution in [3.63, 3.8) is 0 Å². The van der Waals surface area contributed by atoms with E-state index in [1.54, 1.807) is 30.0 Å². The van der Waals surface area contributed by atoms with E-state index in [0.29, 0.717) is 12.1 Å². The predicted octanol–water partition coefficient (Wildman–Crippen LogP) is 0.807. The van der Waals surface area contributed by atoms with Gasteiger partial charge in [0.15, 0.2) is 15.4 Å². The molecule has 2 aliphatic heterocycles. The molecule has 3 fully saturated rings. The van der Waals surface area contributed by atoms with Gasteiger partial charge in [-0.15, -0.1) is 0 Å². The highest BCUT2D eigenvalue weighted by molar-refractivity contribution is 7.91. The number of nitrogens with one attached hydrogen (secondary N) is 1. The van der Waals surface area contributed by atoms with Crippen LogP contribution in [0.4, 0.5) is 4.79 Å². The van der Waals surface area contributed by atoms with Crippen molar-refractivity contribution in [3.05, 3.63) is 30.1 Å². The molecular weight excluding hydrogens is 408 g/mol. The smallest absolute Gasteiger partial charge is 0.325 e. The maximum absolute atomic E-state index is 13.3. The van der Waals surface area contributed by atoms with Gasteiger partial charge in [-0.25, -0.2) is 13.2 Å². The van der Waals surface area contributed by atoms with Crippen LogP contribution in [-0.2, 0) is 25.0 Å². The Hall–Kier alpha value is -2.49. The van der Waals surface area contributed by atoms with Gasteiger partial charge in [-0.1, -0.05) is 18.9 Å². The molecule has 162 valence electrons. The molecule has 30 heavy (non-hydrogen) atoms. The first kappa shape index (κ1) is 20.8. The molecule has 2 unspecified atom stereocenters. The van der Waals surface area contributed by atoms with Crippen molar-refractivity contribution >= 4 is 27.7 Å². The minimum Gasteiger partial charge on any atom is -0.334 e. The third-order valence-corrected chi connectivity index (χ3v) is 8.10. The van der Waals surface area contributed by atoms with Crippen LogP contribution in [0.25, 0.3) is 0 Å². The highest BCUT2D eigenvalue weighted by Gasteiger charge is 2.51. The van der Waals surface area contributed by atoms with Crippen LogP contribution in [0.3, 0.4) is 0 Å². The Morgan fingerprint density at radius 1 is 1.23 bits per heavy atom. The van der Waals surface area contributed by atoms with Crippen molar-refractivity contribution in [2.24, 2.45) is 0 Å². The molecule has 0 radical (unpaired) electrons. The van der Waals surface area contributed by atoms with Crippen LogP contribution in [0.5, 0.6) is 0 Å². The molecule has 1 aromatic rings. The zero-order valence-corrected chi connectivity index (χ0v) is 17.7. The number of nitrogens with zero attached hydrogens (tertiary/aromatic N) is 3. The van der Waals surface area contributed by atoms with Crippen molar-refractivity contribution in [2.45, 2.75) is 56.7 Å². The normalized spacial score (nSPS) is 28.7. The van der Waals surface area contributed by atoms with Gasteiger partial charge in [0.25, 0.3) is 5.91 Å². The Labute approximate surface area is 175 Å². The number of imide groups is 1. The number of carbonyl (C=O) groups excluding carboxylic acids is 3. The molecule has 10 heteroatoms. The van der Waals surface area contributed by atoms with Gasteiger partial charge in [0.05, 0.1) is 17.2 Å². The van der Waals surface area contributed by atoms with E-state index in [1.807, 2.05) is 0 Å². The quantitative estimate of drug-likeness (QED) is 0.686. The highest BCUT2D eigenvalue weighted by Crippen LogP contribution is 2.31. The zero-order chi connectivity index (χ0) is 21.5. The van der Waals surface area contributed by atoms with Crippen molar-refractivity contribution < 1.29 is 22.8 Å². The van der Waals surface area contributed by atoms with E-state index in [2.05, 4.69) is 10.3 Å². The summed E-state index contributed by atoms with van der Waals surface area (Å²) in [6.45, 7) is 1.17.